The topological polar surface area (TPSA) is 86.0 Å². The molecule has 6 nitrogen and oxygen atoms in total. The molecule has 0 fully saturated rings. The number of ketones is 1. The SMILES string of the molecule is CC(=O)Cc1ncc([N+](=O)[O-])cn1. The standard InChI is InChI=1S/C7H7N3O3/c1-5(11)2-7-8-3-6(4-9-7)10(12)13/h3-4H,2H2,1H3. The van der Waals surface area contributed by atoms with Crippen molar-refractivity contribution in [2.24, 2.45) is 0 Å². The van der Waals surface area contributed by atoms with E-state index in [2.05, 4.69) is 9.97 Å². The van der Waals surface area contributed by atoms with Gasteiger partial charge in [-0.15, -0.1) is 0 Å². The Morgan fingerprint density at radius 1 is 1.54 bits per heavy atom. The highest BCUT2D eigenvalue weighted by molar-refractivity contribution is 5.77. The highest BCUT2D eigenvalue weighted by Crippen LogP contribution is 2.05. The molecular weight excluding hydrogens is 174 g/mol. The van der Waals surface area contributed by atoms with E-state index in [4.69, 9.17) is 0 Å². The zero-order valence-corrected chi connectivity index (χ0v) is 6.93. The summed E-state index contributed by atoms with van der Waals surface area (Å²) in [4.78, 5) is 27.6. The normalized spacial score (nSPS) is 9.62. The van der Waals surface area contributed by atoms with E-state index in [9.17, 15) is 14.9 Å². The molecule has 0 atom stereocenters. The molecule has 13 heavy (non-hydrogen) atoms. The van der Waals surface area contributed by atoms with Gasteiger partial charge in [0.2, 0.25) is 0 Å². The van der Waals surface area contributed by atoms with E-state index in [1.807, 2.05) is 0 Å². The highest BCUT2D eigenvalue weighted by atomic mass is 16.6. The van der Waals surface area contributed by atoms with Crippen molar-refractivity contribution < 1.29 is 9.72 Å². The smallest absolute Gasteiger partial charge is 0.300 e. The number of hydrogen-bond acceptors (Lipinski definition) is 5. The molecule has 1 heterocycles. The highest BCUT2D eigenvalue weighted by Gasteiger charge is 2.07. The number of carbonyl (C=O) groups excluding carboxylic acids is 1. The molecule has 0 saturated heterocycles. The Balaban J connectivity index is 2.81. The fourth-order valence-corrected chi connectivity index (χ4v) is 0.756. The summed E-state index contributed by atoms with van der Waals surface area (Å²) in [5, 5.41) is 10.2. The Morgan fingerprint density at radius 2 is 2.08 bits per heavy atom. The van der Waals surface area contributed by atoms with Gasteiger partial charge < -0.3 is 0 Å². The van der Waals surface area contributed by atoms with E-state index in [0.29, 0.717) is 5.82 Å². The third-order valence-electron chi connectivity index (χ3n) is 1.31. The van der Waals surface area contributed by atoms with Gasteiger partial charge in [0, 0.05) is 0 Å². The minimum atomic E-state index is -0.586. The summed E-state index contributed by atoms with van der Waals surface area (Å²) in [6.07, 6.45) is 2.29. The predicted octanol–water partition coefficient (Wildman–Crippen LogP) is 0.516. The molecular formula is C7H7N3O3. The van der Waals surface area contributed by atoms with Crippen LogP contribution >= 0.6 is 0 Å². The fourth-order valence-electron chi connectivity index (χ4n) is 0.756. The van der Waals surface area contributed by atoms with Gasteiger partial charge in [-0.25, -0.2) is 9.97 Å². The third-order valence-corrected chi connectivity index (χ3v) is 1.31. The van der Waals surface area contributed by atoms with Gasteiger partial charge in [-0.3, -0.25) is 14.9 Å². The van der Waals surface area contributed by atoms with Crippen LogP contribution in [0.3, 0.4) is 0 Å². The zero-order valence-electron chi connectivity index (χ0n) is 6.93. The van der Waals surface area contributed by atoms with E-state index in [1.165, 1.54) is 6.92 Å². The lowest BCUT2D eigenvalue weighted by atomic mass is 10.3. The number of nitrogens with zero attached hydrogens (tertiary/aromatic N) is 3. The molecule has 0 unspecified atom stereocenters. The van der Waals surface area contributed by atoms with Crippen LogP contribution in [0, 0.1) is 10.1 Å². The minimum absolute atomic E-state index is 0.0751. The summed E-state index contributed by atoms with van der Waals surface area (Å²) in [5.41, 5.74) is -0.174. The molecule has 0 aliphatic heterocycles. The molecule has 6 heteroatoms. The number of carbonyl (C=O) groups is 1. The maximum atomic E-state index is 10.6. The van der Waals surface area contributed by atoms with Crippen molar-refractivity contribution in [1.29, 1.82) is 0 Å². The first-order chi connectivity index (χ1) is 6.09. The van der Waals surface area contributed by atoms with E-state index in [1.54, 1.807) is 0 Å². The van der Waals surface area contributed by atoms with Crippen molar-refractivity contribution in [3.63, 3.8) is 0 Å². The van der Waals surface area contributed by atoms with Gasteiger partial charge in [0.1, 0.15) is 24.0 Å². The molecule has 1 aromatic heterocycles. The minimum Gasteiger partial charge on any atom is -0.300 e. The second-order valence-electron chi connectivity index (χ2n) is 2.49. The first-order valence-corrected chi connectivity index (χ1v) is 3.54. The lowest BCUT2D eigenvalue weighted by Gasteiger charge is -1.94. The average molecular weight is 181 g/mol. The van der Waals surface area contributed by atoms with Crippen LogP contribution in [0.25, 0.3) is 0 Å². The van der Waals surface area contributed by atoms with Gasteiger partial charge in [-0.1, -0.05) is 0 Å². The van der Waals surface area contributed by atoms with E-state index >= 15 is 0 Å². The molecule has 0 radical (unpaired) electrons. The number of aromatic nitrogens is 2. The second kappa shape index (κ2) is 3.70. The molecule has 1 rings (SSSR count). The Hall–Kier alpha value is -1.85. The van der Waals surface area contributed by atoms with Crippen molar-refractivity contribution in [3.8, 4) is 0 Å². The average Bonchev–Trinajstić information content (AvgIpc) is 2.04. The monoisotopic (exact) mass is 181 g/mol. The van der Waals surface area contributed by atoms with Crippen molar-refractivity contribution in [2.75, 3.05) is 0 Å². The summed E-state index contributed by atoms with van der Waals surface area (Å²) < 4.78 is 0. The van der Waals surface area contributed by atoms with Crippen molar-refractivity contribution >= 4 is 11.5 Å². The third kappa shape index (κ3) is 2.58. The number of hydrogen-bond donors (Lipinski definition) is 0. The van der Waals surface area contributed by atoms with Crippen molar-refractivity contribution in [3.05, 3.63) is 28.3 Å². The summed E-state index contributed by atoms with van der Waals surface area (Å²) in [6.45, 7) is 1.41. The molecule has 0 aliphatic carbocycles. The van der Waals surface area contributed by atoms with Crippen LogP contribution in [0.4, 0.5) is 5.69 Å². The Bertz CT molecular complexity index is 333. The summed E-state index contributed by atoms with van der Waals surface area (Å²) >= 11 is 0. The van der Waals surface area contributed by atoms with E-state index < -0.39 is 4.92 Å². The quantitative estimate of drug-likeness (QED) is 0.501. The molecule has 68 valence electrons. The molecule has 0 bridgehead atoms. The first kappa shape index (κ1) is 9.24. The molecule has 0 aliphatic rings. The maximum Gasteiger partial charge on any atom is 0.305 e. The molecule has 0 spiro atoms. The van der Waals surface area contributed by atoms with Crippen LogP contribution in [0.2, 0.25) is 0 Å². The van der Waals surface area contributed by atoms with Gasteiger partial charge >= 0.3 is 5.69 Å². The summed E-state index contributed by atoms with van der Waals surface area (Å²) in [7, 11) is 0. The Labute approximate surface area is 73.8 Å². The van der Waals surface area contributed by atoms with Gasteiger partial charge in [0.15, 0.2) is 0 Å². The molecule has 0 aromatic carbocycles. The van der Waals surface area contributed by atoms with Crippen LogP contribution in [-0.4, -0.2) is 20.7 Å². The summed E-state index contributed by atoms with van der Waals surface area (Å²) in [5.74, 6) is 0.229. The zero-order chi connectivity index (χ0) is 9.84. The van der Waals surface area contributed by atoms with Crippen LogP contribution in [0.5, 0.6) is 0 Å². The maximum absolute atomic E-state index is 10.6. The van der Waals surface area contributed by atoms with Crippen LogP contribution in [0.15, 0.2) is 12.4 Å². The van der Waals surface area contributed by atoms with Gasteiger partial charge in [0.25, 0.3) is 0 Å². The van der Waals surface area contributed by atoms with Crippen LogP contribution < -0.4 is 0 Å². The fraction of sp³-hybridized carbons (Fsp3) is 0.286. The van der Waals surface area contributed by atoms with Crippen molar-refractivity contribution in [1.82, 2.24) is 9.97 Å². The first-order valence-electron chi connectivity index (χ1n) is 3.54. The largest absolute Gasteiger partial charge is 0.305 e. The van der Waals surface area contributed by atoms with Crippen molar-refractivity contribution in [2.45, 2.75) is 13.3 Å². The van der Waals surface area contributed by atoms with Gasteiger partial charge in [-0.2, -0.15) is 0 Å². The summed E-state index contributed by atoms with van der Waals surface area (Å²) in [6, 6.07) is 0. The lowest BCUT2D eigenvalue weighted by molar-refractivity contribution is -0.385. The Kier molecular flexibility index (Phi) is 2.63. The van der Waals surface area contributed by atoms with Gasteiger partial charge in [-0.05, 0) is 6.92 Å². The van der Waals surface area contributed by atoms with Gasteiger partial charge in [0.05, 0.1) is 11.3 Å². The van der Waals surface area contributed by atoms with Crippen LogP contribution in [-0.2, 0) is 11.2 Å². The number of nitro groups is 1. The lowest BCUT2D eigenvalue weighted by Crippen LogP contribution is -2.02. The number of rotatable bonds is 3. The predicted molar refractivity (Wildman–Crippen MR) is 43.1 cm³/mol. The second-order valence-corrected chi connectivity index (χ2v) is 2.49. The Morgan fingerprint density at radius 3 is 2.46 bits per heavy atom. The molecule has 0 N–H and O–H groups in total. The van der Waals surface area contributed by atoms with Crippen LogP contribution in [0.1, 0.15) is 12.7 Å². The number of Topliss-reactive ketones (excluding diaryl/α,β-unsaturated/α-hetero) is 1. The molecule has 1 aromatic rings. The molecule has 0 saturated carbocycles. The van der Waals surface area contributed by atoms with E-state index in [-0.39, 0.29) is 17.9 Å². The molecule has 0 amide bonds. The van der Waals surface area contributed by atoms with E-state index in [0.717, 1.165) is 12.4 Å².